The first kappa shape index (κ1) is 17.8. The Hall–Kier alpha value is -3.32. The van der Waals surface area contributed by atoms with Crippen LogP contribution in [0.1, 0.15) is 33.6 Å². The zero-order valence-electron chi connectivity index (χ0n) is 15.3. The molecule has 3 heterocycles. The molecule has 1 aliphatic carbocycles. The SMILES string of the molecule is O=C(Nc1nc2cccc(NCPN3C(=O)c4ccccc4C3=O)n2n1)C1CC1. The van der Waals surface area contributed by atoms with Crippen LogP contribution in [-0.2, 0) is 4.79 Å². The number of pyridine rings is 1. The van der Waals surface area contributed by atoms with E-state index in [1.165, 1.54) is 4.67 Å². The topological polar surface area (TPSA) is 109 Å². The van der Waals surface area contributed by atoms with Crippen molar-refractivity contribution in [2.24, 2.45) is 5.92 Å². The van der Waals surface area contributed by atoms with Gasteiger partial charge >= 0.3 is 0 Å². The second-order valence-corrected chi connectivity index (χ2v) is 8.00. The van der Waals surface area contributed by atoms with Crippen LogP contribution in [0.15, 0.2) is 42.5 Å². The molecular weight excluding hydrogens is 391 g/mol. The molecule has 2 aliphatic rings. The molecule has 3 aromatic rings. The van der Waals surface area contributed by atoms with E-state index >= 15 is 0 Å². The van der Waals surface area contributed by atoms with Gasteiger partial charge in [0, 0.05) is 14.6 Å². The minimum atomic E-state index is -0.269. The Kier molecular flexibility index (Phi) is 4.24. The first-order valence-electron chi connectivity index (χ1n) is 9.23. The molecule has 0 spiro atoms. The van der Waals surface area contributed by atoms with Crippen molar-refractivity contribution in [1.29, 1.82) is 0 Å². The van der Waals surface area contributed by atoms with Gasteiger partial charge in [-0.15, -0.1) is 5.10 Å². The normalized spacial score (nSPS) is 16.1. The zero-order valence-corrected chi connectivity index (χ0v) is 16.3. The molecule has 9 nitrogen and oxygen atoms in total. The number of amides is 3. The van der Waals surface area contributed by atoms with Gasteiger partial charge in [0.1, 0.15) is 5.82 Å². The van der Waals surface area contributed by atoms with Gasteiger partial charge in [-0.25, -0.2) is 0 Å². The molecule has 146 valence electrons. The van der Waals surface area contributed by atoms with Gasteiger partial charge in [-0.05, 0) is 37.1 Å². The minimum Gasteiger partial charge on any atom is -0.365 e. The van der Waals surface area contributed by atoms with E-state index in [9.17, 15) is 14.4 Å². The largest absolute Gasteiger partial charge is 0.365 e. The smallest absolute Gasteiger partial charge is 0.264 e. The van der Waals surface area contributed by atoms with E-state index in [1.807, 2.05) is 12.1 Å². The lowest BCUT2D eigenvalue weighted by Gasteiger charge is -2.14. The van der Waals surface area contributed by atoms with E-state index < -0.39 is 0 Å². The number of carbonyl (C=O) groups excluding carboxylic acids is 3. The highest BCUT2D eigenvalue weighted by Crippen LogP contribution is 2.32. The van der Waals surface area contributed by atoms with Crippen molar-refractivity contribution in [2.75, 3.05) is 16.9 Å². The fraction of sp³-hybridized carbons (Fsp3) is 0.211. The van der Waals surface area contributed by atoms with Crippen LogP contribution in [-0.4, -0.2) is 43.3 Å². The molecular formula is C19H17N6O3P. The lowest BCUT2D eigenvalue weighted by atomic mass is 10.1. The molecule has 0 bridgehead atoms. The highest BCUT2D eigenvalue weighted by Gasteiger charge is 2.34. The summed E-state index contributed by atoms with van der Waals surface area (Å²) in [5, 5.41) is 10.3. The third-order valence-corrected chi connectivity index (χ3v) is 5.90. The summed E-state index contributed by atoms with van der Waals surface area (Å²) in [7, 11) is -0.0607. The second kappa shape index (κ2) is 6.93. The Bertz CT molecular complexity index is 1120. The number of benzene rings is 1. The monoisotopic (exact) mass is 408 g/mol. The Morgan fingerprint density at radius 1 is 1.07 bits per heavy atom. The highest BCUT2D eigenvalue weighted by atomic mass is 31.1. The number of carbonyl (C=O) groups is 3. The average molecular weight is 408 g/mol. The van der Waals surface area contributed by atoms with Crippen LogP contribution in [0.25, 0.3) is 5.65 Å². The molecule has 0 radical (unpaired) electrons. The van der Waals surface area contributed by atoms with E-state index in [0.717, 1.165) is 12.8 Å². The first-order valence-corrected chi connectivity index (χ1v) is 10.4. The van der Waals surface area contributed by atoms with Gasteiger partial charge in [-0.1, -0.05) is 18.2 Å². The molecule has 10 heteroatoms. The number of anilines is 2. The highest BCUT2D eigenvalue weighted by molar-refractivity contribution is 7.37. The van der Waals surface area contributed by atoms with E-state index in [-0.39, 0.29) is 38.3 Å². The molecule has 3 amide bonds. The number of hydrogen-bond donors (Lipinski definition) is 2. The molecule has 1 unspecified atom stereocenters. The Labute approximate surface area is 167 Å². The van der Waals surface area contributed by atoms with Crippen LogP contribution < -0.4 is 10.6 Å². The predicted octanol–water partition coefficient (Wildman–Crippen LogP) is 2.34. The summed E-state index contributed by atoms with van der Waals surface area (Å²) >= 11 is 0. The molecule has 0 saturated heterocycles. The summed E-state index contributed by atoms with van der Waals surface area (Å²) in [4.78, 5) is 41.1. The van der Waals surface area contributed by atoms with Crippen molar-refractivity contribution < 1.29 is 14.4 Å². The number of nitrogens with one attached hydrogen (secondary N) is 2. The first-order chi connectivity index (χ1) is 14.1. The van der Waals surface area contributed by atoms with Gasteiger partial charge in [-0.2, -0.15) is 9.50 Å². The van der Waals surface area contributed by atoms with Crippen molar-refractivity contribution in [3.63, 3.8) is 0 Å². The van der Waals surface area contributed by atoms with Crippen LogP contribution in [0.5, 0.6) is 0 Å². The van der Waals surface area contributed by atoms with Crippen LogP contribution in [0.3, 0.4) is 0 Å². The molecule has 1 aromatic carbocycles. The van der Waals surface area contributed by atoms with Crippen molar-refractivity contribution >= 4 is 43.9 Å². The molecule has 1 saturated carbocycles. The molecule has 1 fully saturated rings. The number of fused-ring (bicyclic) bond motifs is 2. The average Bonchev–Trinajstić information content (AvgIpc) is 3.46. The van der Waals surface area contributed by atoms with E-state index in [1.54, 1.807) is 34.8 Å². The Morgan fingerprint density at radius 3 is 2.48 bits per heavy atom. The van der Waals surface area contributed by atoms with Crippen molar-refractivity contribution in [1.82, 2.24) is 19.3 Å². The van der Waals surface area contributed by atoms with Crippen LogP contribution >= 0.6 is 8.73 Å². The molecule has 1 aliphatic heterocycles. The summed E-state index contributed by atoms with van der Waals surface area (Å²) in [5.74, 6) is 0.400. The van der Waals surface area contributed by atoms with Gasteiger partial charge < -0.3 is 5.32 Å². The Morgan fingerprint density at radius 2 is 1.79 bits per heavy atom. The third-order valence-electron chi connectivity index (χ3n) is 4.84. The summed E-state index contributed by atoms with van der Waals surface area (Å²) in [6, 6.07) is 12.3. The summed E-state index contributed by atoms with van der Waals surface area (Å²) in [6.07, 6.45) is 2.20. The summed E-state index contributed by atoms with van der Waals surface area (Å²) in [5.41, 5.74) is 1.48. The van der Waals surface area contributed by atoms with Gasteiger partial charge in [-0.3, -0.25) is 24.4 Å². The number of aromatic nitrogens is 3. The van der Waals surface area contributed by atoms with E-state index in [4.69, 9.17) is 0 Å². The van der Waals surface area contributed by atoms with Crippen molar-refractivity contribution in [2.45, 2.75) is 12.8 Å². The predicted molar refractivity (Wildman–Crippen MR) is 108 cm³/mol. The fourth-order valence-electron chi connectivity index (χ4n) is 3.19. The molecule has 1 atom stereocenters. The van der Waals surface area contributed by atoms with Gasteiger partial charge in [0.2, 0.25) is 11.9 Å². The lowest BCUT2D eigenvalue weighted by Crippen LogP contribution is -2.22. The second-order valence-electron chi connectivity index (χ2n) is 6.88. The van der Waals surface area contributed by atoms with E-state index in [0.29, 0.717) is 28.9 Å². The van der Waals surface area contributed by atoms with Gasteiger partial charge in [0.15, 0.2) is 5.65 Å². The minimum absolute atomic E-state index is 0.0532. The molecule has 2 N–H and O–H groups in total. The van der Waals surface area contributed by atoms with Crippen molar-refractivity contribution in [3.05, 3.63) is 53.6 Å². The number of nitrogens with zero attached hydrogens (tertiary/aromatic N) is 4. The summed E-state index contributed by atoms with van der Waals surface area (Å²) < 4.78 is 2.86. The lowest BCUT2D eigenvalue weighted by molar-refractivity contribution is -0.117. The van der Waals surface area contributed by atoms with Crippen LogP contribution in [0.2, 0.25) is 0 Å². The molecule has 2 aromatic heterocycles. The Balaban J connectivity index is 1.27. The van der Waals surface area contributed by atoms with Gasteiger partial charge in [0.25, 0.3) is 11.8 Å². The van der Waals surface area contributed by atoms with Crippen LogP contribution in [0.4, 0.5) is 11.8 Å². The maximum Gasteiger partial charge on any atom is 0.264 e. The third kappa shape index (κ3) is 3.23. The number of hydrogen-bond acceptors (Lipinski definition) is 6. The standard InChI is InChI=1S/C19H17N6O3P/c26-16(11-8-9-11)22-19-21-15-7-3-6-14(24(15)23-19)20-10-29-25-17(27)12-4-1-2-5-13(12)18(25)28/h1-7,11,20,29H,8-10H2,(H,22,23,26). The van der Waals surface area contributed by atoms with Crippen LogP contribution in [0, 0.1) is 5.92 Å². The zero-order chi connectivity index (χ0) is 20.0. The quantitative estimate of drug-likeness (QED) is 0.479. The fourth-order valence-corrected chi connectivity index (χ4v) is 4.14. The molecule has 5 rings (SSSR count). The maximum absolute atomic E-state index is 12.4. The van der Waals surface area contributed by atoms with Gasteiger partial charge in [0.05, 0.1) is 17.4 Å². The maximum atomic E-state index is 12.4. The van der Waals surface area contributed by atoms with E-state index in [2.05, 4.69) is 20.7 Å². The molecule has 29 heavy (non-hydrogen) atoms. The van der Waals surface area contributed by atoms with Crippen molar-refractivity contribution in [3.8, 4) is 0 Å². The number of imide groups is 1. The number of rotatable bonds is 6. The summed E-state index contributed by atoms with van der Waals surface area (Å²) in [6.45, 7) is 0.